The highest BCUT2D eigenvalue weighted by Gasteiger charge is 2.34. The van der Waals surface area contributed by atoms with Crippen LogP contribution in [0.3, 0.4) is 0 Å². The van der Waals surface area contributed by atoms with Gasteiger partial charge < -0.3 is 24.8 Å². The zero-order valence-electron chi connectivity index (χ0n) is 18.2. The summed E-state index contributed by atoms with van der Waals surface area (Å²) in [5.41, 5.74) is 1.36. The second kappa shape index (κ2) is 9.96. The maximum Gasteiger partial charge on any atom is 0.338 e. The second-order valence-corrected chi connectivity index (χ2v) is 8.38. The largest absolute Gasteiger partial charge is 0.493 e. The van der Waals surface area contributed by atoms with Crippen LogP contribution in [0.25, 0.3) is 0 Å². The first kappa shape index (κ1) is 23.0. The van der Waals surface area contributed by atoms with Crippen molar-refractivity contribution in [2.45, 2.75) is 66.0 Å². The van der Waals surface area contributed by atoms with Crippen molar-refractivity contribution >= 4 is 23.3 Å². The summed E-state index contributed by atoms with van der Waals surface area (Å²) in [6.45, 7) is 12.7. The molecule has 0 fully saturated rings. The molecule has 0 unspecified atom stereocenters. The number of ether oxygens (including phenoxy) is 3. The lowest BCUT2D eigenvalue weighted by Gasteiger charge is -2.32. The van der Waals surface area contributed by atoms with Gasteiger partial charge in [-0.25, -0.2) is 4.79 Å². The minimum atomic E-state index is -0.605. The summed E-state index contributed by atoms with van der Waals surface area (Å²) in [5, 5.41) is 6.68. The molecule has 1 aliphatic rings. The maximum atomic E-state index is 13.0. The Bertz CT molecular complexity index is 784. The Kier molecular flexibility index (Phi) is 7.90. The average Bonchev–Trinajstić information content (AvgIpc) is 2.62. The number of esters is 1. The van der Waals surface area contributed by atoms with E-state index in [1.165, 1.54) is 0 Å². The van der Waals surface area contributed by atoms with Crippen LogP contribution >= 0.6 is 12.2 Å². The van der Waals surface area contributed by atoms with Gasteiger partial charge in [0.15, 0.2) is 5.11 Å². The van der Waals surface area contributed by atoms with Gasteiger partial charge in [0.2, 0.25) is 0 Å². The summed E-state index contributed by atoms with van der Waals surface area (Å²) >= 11 is 5.35. The van der Waals surface area contributed by atoms with Crippen LogP contribution in [0.2, 0.25) is 0 Å². The van der Waals surface area contributed by atoms with Gasteiger partial charge in [0.1, 0.15) is 17.1 Å². The normalized spacial score (nSPS) is 16.8. The summed E-state index contributed by atoms with van der Waals surface area (Å²) in [5.74, 6) is 1.00. The third-order valence-corrected chi connectivity index (χ3v) is 4.34. The molecule has 0 bridgehead atoms. The quantitative estimate of drug-likeness (QED) is 0.477. The van der Waals surface area contributed by atoms with Gasteiger partial charge in [-0.1, -0.05) is 13.8 Å². The van der Waals surface area contributed by atoms with Crippen molar-refractivity contribution in [2.75, 3.05) is 13.2 Å². The number of carbonyl (C=O) groups is 1. The Morgan fingerprint density at radius 2 is 1.79 bits per heavy atom. The summed E-state index contributed by atoms with van der Waals surface area (Å²) < 4.78 is 17.4. The molecule has 160 valence electrons. The van der Waals surface area contributed by atoms with Crippen molar-refractivity contribution in [1.82, 2.24) is 10.6 Å². The van der Waals surface area contributed by atoms with Crippen LogP contribution in [-0.4, -0.2) is 29.9 Å². The fourth-order valence-electron chi connectivity index (χ4n) is 2.93. The minimum Gasteiger partial charge on any atom is -0.493 e. The fraction of sp³-hybridized carbons (Fsp3) is 0.545. The van der Waals surface area contributed by atoms with E-state index in [1.807, 2.05) is 52.8 Å². The lowest BCUT2D eigenvalue weighted by Crippen LogP contribution is -2.46. The topological polar surface area (TPSA) is 68.8 Å². The first-order valence-corrected chi connectivity index (χ1v) is 10.5. The lowest BCUT2D eigenvalue weighted by molar-refractivity contribution is -0.150. The van der Waals surface area contributed by atoms with Crippen molar-refractivity contribution in [3.05, 3.63) is 35.0 Å². The van der Waals surface area contributed by atoms with Gasteiger partial charge in [0.05, 0.1) is 24.8 Å². The van der Waals surface area contributed by atoms with E-state index in [2.05, 4.69) is 17.6 Å². The summed E-state index contributed by atoms with van der Waals surface area (Å²) in [6.07, 6.45) is 1.78. The number of rotatable bonds is 8. The minimum absolute atomic E-state index is 0.393. The molecule has 0 aliphatic carbocycles. The van der Waals surface area contributed by atoms with Crippen molar-refractivity contribution in [3.8, 4) is 11.5 Å². The van der Waals surface area contributed by atoms with Gasteiger partial charge in [-0.05, 0) is 64.9 Å². The summed E-state index contributed by atoms with van der Waals surface area (Å²) in [4.78, 5) is 13.0. The molecular formula is C22H32N2O4S. The molecule has 0 saturated carbocycles. The van der Waals surface area contributed by atoms with E-state index in [0.717, 1.165) is 24.2 Å². The number of nitrogens with one attached hydrogen (secondary N) is 2. The Morgan fingerprint density at radius 3 is 2.41 bits per heavy atom. The van der Waals surface area contributed by atoms with Gasteiger partial charge in [-0.2, -0.15) is 0 Å². The molecule has 1 atom stereocenters. The molecular weight excluding hydrogens is 388 g/mol. The number of carbonyl (C=O) groups excluding carboxylic acids is 1. The molecule has 6 nitrogen and oxygen atoms in total. The van der Waals surface area contributed by atoms with Crippen LogP contribution in [0, 0.1) is 0 Å². The smallest absolute Gasteiger partial charge is 0.338 e. The number of thiocarbonyl (C=S) groups is 1. The summed E-state index contributed by atoms with van der Waals surface area (Å²) in [7, 11) is 0. The second-order valence-electron chi connectivity index (χ2n) is 7.97. The maximum absolute atomic E-state index is 13.0. The predicted octanol–water partition coefficient (Wildman–Crippen LogP) is 4.40. The Hall–Kier alpha value is -2.28. The van der Waals surface area contributed by atoms with Crippen molar-refractivity contribution in [3.63, 3.8) is 0 Å². The van der Waals surface area contributed by atoms with Crippen LogP contribution in [0.15, 0.2) is 29.5 Å². The Labute approximate surface area is 179 Å². The Balaban J connectivity index is 2.48. The zero-order valence-corrected chi connectivity index (χ0v) is 19.0. The first-order valence-electron chi connectivity index (χ1n) is 10.1. The number of allylic oxidation sites excluding steroid dienone is 1. The molecule has 1 heterocycles. The van der Waals surface area contributed by atoms with Crippen LogP contribution in [0.4, 0.5) is 0 Å². The predicted molar refractivity (Wildman–Crippen MR) is 118 cm³/mol. The van der Waals surface area contributed by atoms with E-state index in [9.17, 15) is 4.79 Å². The van der Waals surface area contributed by atoms with E-state index in [1.54, 1.807) is 0 Å². The molecule has 29 heavy (non-hydrogen) atoms. The molecule has 7 heteroatoms. The third-order valence-electron chi connectivity index (χ3n) is 4.12. The number of hydrogen-bond donors (Lipinski definition) is 2. The molecule has 0 radical (unpaired) electrons. The fourth-order valence-corrected chi connectivity index (χ4v) is 3.20. The molecule has 1 aromatic rings. The SMILES string of the molecule is CCCOc1ccc([C@@H]2NC(=S)NC(C)=C2C(=O)OC(C)(C)C)c(OCCC)c1. The summed E-state index contributed by atoms with van der Waals surface area (Å²) in [6, 6.07) is 5.19. The molecule has 0 saturated heterocycles. The zero-order chi connectivity index (χ0) is 21.6. The monoisotopic (exact) mass is 420 g/mol. The van der Waals surface area contributed by atoms with Gasteiger partial charge >= 0.3 is 5.97 Å². The average molecular weight is 421 g/mol. The standard InChI is InChI=1S/C22H32N2O4S/c1-7-11-26-15-9-10-16(17(13-15)27-12-8-2)19-18(14(3)23-21(29)24-19)20(25)28-22(4,5)6/h9-10,13,19H,7-8,11-12H2,1-6H3,(H2,23,24,29)/t19-/m0/s1. The molecule has 0 amide bonds. The molecule has 2 N–H and O–H groups in total. The van der Waals surface area contributed by atoms with E-state index < -0.39 is 17.6 Å². The Morgan fingerprint density at radius 1 is 1.14 bits per heavy atom. The third kappa shape index (κ3) is 6.35. The van der Waals surface area contributed by atoms with Crippen LogP contribution in [-0.2, 0) is 9.53 Å². The molecule has 1 aromatic carbocycles. The van der Waals surface area contributed by atoms with E-state index >= 15 is 0 Å². The lowest BCUT2D eigenvalue weighted by atomic mass is 9.94. The van der Waals surface area contributed by atoms with Crippen LogP contribution < -0.4 is 20.1 Å². The van der Waals surface area contributed by atoms with Gasteiger partial charge in [-0.15, -0.1) is 0 Å². The molecule has 1 aliphatic heterocycles. The van der Waals surface area contributed by atoms with Gasteiger partial charge in [-0.3, -0.25) is 0 Å². The van der Waals surface area contributed by atoms with Gasteiger partial charge in [0, 0.05) is 17.3 Å². The molecule has 0 spiro atoms. The highest BCUT2D eigenvalue weighted by Crippen LogP contribution is 2.36. The van der Waals surface area contributed by atoms with E-state index in [4.69, 9.17) is 26.4 Å². The van der Waals surface area contributed by atoms with Crippen molar-refractivity contribution < 1.29 is 19.0 Å². The van der Waals surface area contributed by atoms with Gasteiger partial charge in [0.25, 0.3) is 0 Å². The van der Waals surface area contributed by atoms with Crippen molar-refractivity contribution in [1.29, 1.82) is 0 Å². The van der Waals surface area contributed by atoms with Crippen LogP contribution in [0.5, 0.6) is 11.5 Å². The van der Waals surface area contributed by atoms with Crippen LogP contribution in [0.1, 0.15) is 66.0 Å². The molecule has 2 rings (SSSR count). The first-order chi connectivity index (χ1) is 13.7. The molecule has 0 aromatic heterocycles. The van der Waals surface area contributed by atoms with E-state index in [0.29, 0.717) is 35.3 Å². The highest BCUT2D eigenvalue weighted by atomic mass is 32.1. The van der Waals surface area contributed by atoms with Crippen molar-refractivity contribution in [2.24, 2.45) is 0 Å². The van der Waals surface area contributed by atoms with E-state index in [-0.39, 0.29) is 0 Å². The highest BCUT2D eigenvalue weighted by molar-refractivity contribution is 7.80. The number of hydrogen-bond acceptors (Lipinski definition) is 5. The number of benzene rings is 1.